The fraction of sp³-hybridized carbons (Fsp3) is 1.00. The van der Waals surface area contributed by atoms with Crippen LogP contribution in [0.4, 0.5) is 0 Å². The predicted octanol–water partition coefficient (Wildman–Crippen LogP) is 1.55. The average Bonchev–Trinajstić information content (AvgIpc) is 2.99. The van der Waals surface area contributed by atoms with Crippen molar-refractivity contribution in [2.24, 2.45) is 11.7 Å². The van der Waals surface area contributed by atoms with Crippen LogP contribution < -0.4 is 5.73 Å². The van der Waals surface area contributed by atoms with Gasteiger partial charge in [-0.25, -0.2) is 0 Å². The minimum absolute atomic E-state index is 0.0629. The molecule has 2 heterocycles. The van der Waals surface area contributed by atoms with Gasteiger partial charge in [0, 0.05) is 20.2 Å². The highest BCUT2D eigenvalue weighted by atomic mass is 16.5. The van der Waals surface area contributed by atoms with E-state index in [2.05, 4.69) is 16.7 Å². The van der Waals surface area contributed by atoms with Gasteiger partial charge in [0.1, 0.15) is 0 Å². The molecule has 118 valence electrons. The Balaban J connectivity index is 1.82. The molecule has 0 spiro atoms. The van der Waals surface area contributed by atoms with Gasteiger partial charge in [0.2, 0.25) is 0 Å². The molecule has 0 aromatic rings. The summed E-state index contributed by atoms with van der Waals surface area (Å²) >= 11 is 0. The first-order valence-electron chi connectivity index (χ1n) is 8.40. The van der Waals surface area contributed by atoms with Gasteiger partial charge in [0.05, 0.1) is 12.1 Å². The van der Waals surface area contributed by atoms with E-state index in [9.17, 15) is 0 Å². The number of hydrogen-bond donors (Lipinski definition) is 1. The molecule has 0 aliphatic carbocycles. The maximum atomic E-state index is 6.07. The van der Waals surface area contributed by atoms with Crippen LogP contribution in [0.2, 0.25) is 0 Å². The molecule has 2 rings (SSSR count). The third-order valence-electron chi connectivity index (χ3n) is 5.45. The lowest BCUT2D eigenvalue weighted by Gasteiger charge is -2.46. The lowest BCUT2D eigenvalue weighted by molar-refractivity contribution is -0.0100. The lowest BCUT2D eigenvalue weighted by Crippen LogP contribution is -2.59. The van der Waals surface area contributed by atoms with Crippen molar-refractivity contribution in [1.29, 1.82) is 0 Å². The molecule has 0 saturated carbocycles. The summed E-state index contributed by atoms with van der Waals surface area (Å²) in [7, 11) is 1.79. The van der Waals surface area contributed by atoms with Crippen LogP contribution in [0, 0.1) is 5.92 Å². The fourth-order valence-electron chi connectivity index (χ4n) is 3.94. The Morgan fingerprint density at radius 1 is 1.15 bits per heavy atom. The molecule has 2 N–H and O–H groups in total. The van der Waals surface area contributed by atoms with Gasteiger partial charge < -0.3 is 15.4 Å². The number of hydrogen-bond acceptors (Lipinski definition) is 4. The molecule has 0 aromatic carbocycles. The third-order valence-corrected chi connectivity index (χ3v) is 5.45. The third kappa shape index (κ3) is 3.73. The summed E-state index contributed by atoms with van der Waals surface area (Å²) < 4.78 is 5.45. The normalized spacial score (nSPS) is 25.9. The highest BCUT2D eigenvalue weighted by Crippen LogP contribution is 2.27. The molecule has 1 unspecified atom stereocenters. The van der Waals surface area contributed by atoms with Crippen LogP contribution >= 0.6 is 0 Å². The van der Waals surface area contributed by atoms with E-state index < -0.39 is 0 Å². The Morgan fingerprint density at radius 2 is 1.80 bits per heavy atom. The molecule has 0 aromatic heterocycles. The van der Waals surface area contributed by atoms with E-state index in [1.54, 1.807) is 7.11 Å². The fourth-order valence-corrected chi connectivity index (χ4v) is 3.94. The van der Waals surface area contributed by atoms with Crippen molar-refractivity contribution in [1.82, 2.24) is 9.80 Å². The Labute approximate surface area is 124 Å². The van der Waals surface area contributed by atoms with Crippen molar-refractivity contribution in [3.8, 4) is 0 Å². The van der Waals surface area contributed by atoms with E-state index in [1.165, 1.54) is 58.4 Å². The first-order chi connectivity index (χ1) is 9.74. The molecule has 2 aliphatic heterocycles. The maximum Gasteiger partial charge on any atom is 0.0658 e. The molecule has 20 heavy (non-hydrogen) atoms. The number of likely N-dealkylation sites (tertiary alicyclic amines) is 2. The maximum absolute atomic E-state index is 6.07. The summed E-state index contributed by atoms with van der Waals surface area (Å²) in [6, 6.07) is 0. The molecule has 0 bridgehead atoms. The number of rotatable bonds is 7. The molecule has 2 saturated heterocycles. The number of nitrogens with two attached hydrogens (primary N) is 1. The van der Waals surface area contributed by atoms with E-state index in [1.807, 2.05) is 0 Å². The van der Waals surface area contributed by atoms with Gasteiger partial charge in [0.15, 0.2) is 0 Å². The van der Waals surface area contributed by atoms with E-state index in [4.69, 9.17) is 10.5 Å². The van der Waals surface area contributed by atoms with Crippen LogP contribution in [0.1, 0.15) is 39.0 Å². The van der Waals surface area contributed by atoms with E-state index >= 15 is 0 Å². The number of nitrogens with zero attached hydrogens (tertiary/aromatic N) is 2. The molecular weight excluding hydrogens is 250 g/mol. The standard InChI is InChI=1S/C16H33N3O/c1-3-16(13-17,14-20-2)19-10-6-15(7-11-19)12-18-8-4-5-9-18/h15H,3-14,17H2,1-2H3. The topological polar surface area (TPSA) is 41.7 Å². The monoisotopic (exact) mass is 283 g/mol. The van der Waals surface area contributed by atoms with Crippen LogP contribution in [-0.2, 0) is 4.74 Å². The minimum atomic E-state index is 0.0629. The van der Waals surface area contributed by atoms with Crippen molar-refractivity contribution < 1.29 is 4.74 Å². The average molecular weight is 283 g/mol. The summed E-state index contributed by atoms with van der Waals surface area (Å²) in [5.41, 5.74) is 6.13. The Morgan fingerprint density at radius 3 is 2.30 bits per heavy atom. The largest absolute Gasteiger partial charge is 0.383 e. The van der Waals surface area contributed by atoms with Gasteiger partial charge in [0.25, 0.3) is 0 Å². The van der Waals surface area contributed by atoms with Gasteiger partial charge in [-0.05, 0) is 64.2 Å². The van der Waals surface area contributed by atoms with Crippen molar-refractivity contribution in [3.05, 3.63) is 0 Å². The lowest BCUT2D eigenvalue weighted by atomic mass is 9.88. The zero-order chi connectivity index (χ0) is 14.4. The summed E-state index contributed by atoms with van der Waals surface area (Å²) in [5.74, 6) is 0.888. The molecule has 0 radical (unpaired) electrons. The van der Waals surface area contributed by atoms with Crippen LogP contribution in [-0.4, -0.2) is 68.3 Å². The molecule has 0 amide bonds. The second-order valence-electron chi connectivity index (χ2n) is 6.65. The SMILES string of the molecule is CCC(CN)(COC)N1CCC(CN2CCCC2)CC1. The molecule has 2 aliphatic rings. The second kappa shape index (κ2) is 7.74. The van der Waals surface area contributed by atoms with E-state index in [0.717, 1.165) is 18.9 Å². The zero-order valence-electron chi connectivity index (χ0n) is 13.4. The summed E-state index contributed by atoms with van der Waals surface area (Å²) in [4.78, 5) is 5.25. The Hall–Kier alpha value is -0.160. The number of ether oxygens (including phenoxy) is 1. The summed E-state index contributed by atoms with van der Waals surface area (Å²) in [6.45, 7) is 10.0. The van der Waals surface area contributed by atoms with Gasteiger partial charge >= 0.3 is 0 Å². The van der Waals surface area contributed by atoms with Crippen molar-refractivity contribution >= 4 is 0 Å². The summed E-state index contributed by atoms with van der Waals surface area (Å²) in [5, 5.41) is 0. The Bertz CT molecular complexity index is 267. The molecule has 1 atom stereocenters. The zero-order valence-corrected chi connectivity index (χ0v) is 13.4. The van der Waals surface area contributed by atoms with Crippen molar-refractivity contribution in [2.45, 2.75) is 44.6 Å². The molecule has 4 nitrogen and oxygen atoms in total. The molecular formula is C16H33N3O. The number of piperidine rings is 1. The summed E-state index contributed by atoms with van der Waals surface area (Å²) in [6.07, 6.45) is 6.52. The minimum Gasteiger partial charge on any atom is -0.383 e. The van der Waals surface area contributed by atoms with Gasteiger partial charge in [-0.3, -0.25) is 4.90 Å². The van der Waals surface area contributed by atoms with Crippen LogP contribution in [0.3, 0.4) is 0 Å². The molecule has 4 heteroatoms. The van der Waals surface area contributed by atoms with Crippen LogP contribution in [0.15, 0.2) is 0 Å². The smallest absolute Gasteiger partial charge is 0.0658 e. The highest BCUT2D eigenvalue weighted by molar-refractivity contribution is 4.93. The van der Waals surface area contributed by atoms with Crippen molar-refractivity contribution in [3.63, 3.8) is 0 Å². The molecule has 2 fully saturated rings. The predicted molar refractivity (Wildman–Crippen MR) is 83.9 cm³/mol. The van der Waals surface area contributed by atoms with Gasteiger partial charge in [-0.15, -0.1) is 0 Å². The Kier molecular flexibility index (Phi) is 6.27. The highest BCUT2D eigenvalue weighted by Gasteiger charge is 2.36. The van der Waals surface area contributed by atoms with Crippen LogP contribution in [0.5, 0.6) is 0 Å². The van der Waals surface area contributed by atoms with Crippen LogP contribution in [0.25, 0.3) is 0 Å². The van der Waals surface area contributed by atoms with E-state index in [-0.39, 0.29) is 5.54 Å². The van der Waals surface area contributed by atoms with Gasteiger partial charge in [-0.1, -0.05) is 6.92 Å². The van der Waals surface area contributed by atoms with Crippen molar-refractivity contribution in [2.75, 3.05) is 53.0 Å². The first kappa shape index (κ1) is 16.2. The quantitative estimate of drug-likeness (QED) is 0.770. The second-order valence-corrected chi connectivity index (χ2v) is 6.65. The number of methoxy groups -OCH3 is 1. The first-order valence-corrected chi connectivity index (χ1v) is 8.40. The van der Waals surface area contributed by atoms with E-state index in [0.29, 0.717) is 6.54 Å². The van der Waals surface area contributed by atoms with Gasteiger partial charge in [-0.2, -0.15) is 0 Å².